The second kappa shape index (κ2) is 5.91. The van der Waals surface area contributed by atoms with Gasteiger partial charge in [-0.1, -0.05) is 18.2 Å². The summed E-state index contributed by atoms with van der Waals surface area (Å²) < 4.78 is 26.5. The molecular formula is C16H16F2N2O. The fraction of sp³-hybridized carbons (Fsp3) is 0.188. The zero-order chi connectivity index (χ0) is 15.6. The van der Waals surface area contributed by atoms with Gasteiger partial charge in [0.05, 0.1) is 5.56 Å². The number of amides is 1. The van der Waals surface area contributed by atoms with Gasteiger partial charge in [0, 0.05) is 30.9 Å². The van der Waals surface area contributed by atoms with Gasteiger partial charge in [-0.05, 0) is 24.6 Å². The van der Waals surface area contributed by atoms with Gasteiger partial charge < -0.3 is 10.6 Å². The van der Waals surface area contributed by atoms with Crippen LogP contribution in [0.15, 0.2) is 36.4 Å². The van der Waals surface area contributed by atoms with Crippen LogP contribution < -0.4 is 5.73 Å². The highest BCUT2D eigenvalue weighted by molar-refractivity contribution is 5.99. The first-order valence-corrected chi connectivity index (χ1v) is 6.44. The van der Waals surface area contributed by atoms with Crippen LogP contribution in [0.5, 0.6) is 0 Å². The summed E-state index contributed by atoms with van der Waals surface area (Å²) in [6.45, 7) is 1.85. The molecule has 3 nitrogen and oxygen atoms in total. The first-order chi connectivity index (χ1) is 9.90. The molecule has 21 heavy (non-hydrogen) atoms. The minimum Gasteiger partial charge on any atom is -0.398 e. The molecule has 2 aromatic rings. The van der Waals surface area contributed by atoms with Crippen molar-refractivity contribution in [3.8, 4) is 0 Å². The number of aryl methyl sites for hydroxylation is 1. The van der Waals surface area contributed by atoms with Crippen molar-refractivity contribution >= 4 is 11.6 Å². The number of nitrogens with zero attached hydrogens (tertiary/aromatic N) is 1. The summed E-state index contributed by atoms with van der Waals surface area (Å²) in [5.41, 5.74) is 7.74. The lowest BCUT2D eigenvalue weighted by atomic mass is 10.1. The van der Waals surface area contributed by atoms with Crippen molar-refractivity contribution < 1.29 is 13.6 Å². The summed E-state index contributed by atoms with van der Waals surface area (Å²) in [5.74, 6) is -1.63. The number of benzene rings is 2. The van der Waals surface area contributed by atoms with E-state index < -0.39 is 11.6 Å². The number of nitrogen functional groups attached to an aromatic ring is 1. The minimum atomic E-state index is -0.674. The monoisotopic (exact) mass is 290 g/mol. The molecule has 0 saturated heterocycles. The third-order valence-electron chi connectivity index (χ3n) is 3.32. The second-order valence-electron chi connectivity index (χ2n) is 4.93. The Labute approximate surface area is 122 Å². The predicted molar refractivity (Wildman–Crippen MR) is 77.7 cm³/mol. The third kappa shape index (κ3) is 3.18. The SMILES string of the molecule is Cc1cccc(C(=O)N(C)Cc2ccc(F)cc2F)c1N. The van der Waals surface area contributed by atoms with Crippen molar-refractivity contribution in [2.24, 2.45) is 0 Å². The molecule has 0 unspecified atom stereocenters. The van der Waals surface area contributed by atoms with Crippen LogP contribution in [0, 0.1) is 18.6 Å². The van der Waals surface area contributed by atoms with Gasteiger partial charge >= 0.3 is 0 Å². The maximum absolute atomic E-state index is 13.6. The number of halogens is 2. The van der Waals surface area contributed by atoms with Crippen LogP contribution in [-0.2, 0) is 6.54 Å². The molecule has 0 bridgehead atoms. The quantitative estimate of drug-likeness (QED) is 0.883. The van der Waals surface area contributed by atoms with Crippen LogP contribution in [0.2, 0.25) is 0 Å². The number of rotatable bonds is 3. The Balaban J connectivity index is 2.21. The molecule has 0 spiro atoms. The van der Waals surface area contributed by atoms with E-state index in [1.807, 2.05) is 13.0 Å². The largest absolute Gasteiger partial charge is 0.398 e. The Bertz CT molecular complexity index is 686. The van der Waals surface area contributed by atoms with Crippen LogP contribution in [0.4, 0.5) is 14.5 Å². The summed E-state index contributed by atoms with van der Waals surface area (Å²) in [6.07, 6.45) is 0. The molecule has 2 rings (SSSR count). The zero-order valence-electron chi connectivity index (χ0n) is 11.9. The van der Waals surface area contributed by atoms with Gasteiger partial charge in [0.1, 0.15) is 11.6 Å². The molecule has 5 heteroatoms. The Morgan fingerprint density at radius 2 is 1.95 bits per heavy atom. The van der Waals surface area contributed by atoms with E-state index >= 15 is 0 Å². The highest BCUT2D eigenvalue weighted by Crippen LogP contribution is 2.19. The molecule has 0 radical (unpaired) electrons. The maximum Gasteiger partial charge on any atom is 0.255 e. The van der Waals surface area contributed by atoms with Gasteiger partial charge in [0.25, 0.3) is 5.91 Å². The van der Waals surface area contributed by atoms with Gasteiger partial charge in [0.15, 0.2) is 0 Å². The van der Waals surface area contributed by atoms with Crippen LogP contribution in [0.1, 0.15) is 21.5 Å². The molecule has 0 atom stereocenters. The van der Waals surface area contributed by atoms with E-state index in [-0.39, 0.29) is 18.0 Å². The Morgan fingerprint density at radius 1 is 1.24 bits per heavy atom. The summed E-state index contributed by atoms with van der Waals surface area (Å²) in [5, 5.41) is 0. The lowest BCUT2D eigenvalue weighted by molar-refractivity contribution is 0.0785. The van der Waals surface area contributed by atoms with E-state index in [2.05, 4.69) is 0 Å². The molecular weight excluding hydrogens is 274 g/mol. The second-order valence-corrected chi connectivity index (χ2v) is 4.93. The highest BCUT2D eigenvalue weighted by atomic mass is 19.1. The molecule has 110 valence electrons. The number of anilines is 1. The van der Waals surface area contributed by atoms with E-state index in [4.69, 9.17) is 5.73 Å². The molecule has 0 aromatic heterocycles. The van der Waals surface area contributed by atoms with Crippen molar-refractivity contribution in [2.75, 3.05) is 12.8 Å². The maximum atomic E-state index is 13.6. The third-order valence-corrected chi connectivity index (χ3v) is 3.32. The van der Waals surface area contributed by atoms with Crippen molar-refractivity contribution in [1.82, 2.24) is 4.90 Å². The minimum absolute atomic E-state index is 0.0400. The van der Waals surface area contributed by atoms with E-state index in [0.29, 0.717) is 11.3 Å². The first-order valence-electron chi connectivity index (χ1n) is 6.44. The first kappa shape index (κ1) is 15.0. The van der Waals surface area contributed by atoms with Crippen molar-refractivity contribution in [1.29, 1.82) is 0 Å². The molecule has 0 saturated carbocycles. The fourth-order valence-corrected chi connectivity index (χ4v) is 2.05. The Kier molecular flexibility index (Phi) is 4.21. The number of carbonyl (C=O) groups is 1. The Hall–Kier alpha value is -2.43. The number of para-hydroxylation sites is 1. The predicted octanol–water partition coefficient (Wildman–Crippen LogP) is 3.13. The lowest BCUT2D eigenvalue weighted by Gasteiger charge is -2.19. The van der Waals surface area contributed by atoms with Crippen LogP contribution in [0.3, 0.4) is 0 Å². The average Bonchev–Trinajstić information content (AvgIpc) is 2.44. The van der Waals surface area contributed by atoms with Crippen molar-refractivity contribution in [2.45, 2.75) is 13.5 Å². The molecule has 0 aliphatic carbocycles. The van der Waals surface area contributed by atoms with Gasteiger partial charge in [-0.2, -0.15) is 0 Å². The van der Waals surface area contributed by atoms with Gasteiger partial charge in [-0.15, -0.1) is 0 Å². The number of hydrogen-bond acceptors (Lipinski definition) is 2. The topological polar surface area (TPSA) is 46.3 Å². The van der Waals surface area contributed by atoms with Crippen molar-refractivity contribution in [3.05, 3.63) is 64.7 Å². The average molecular weight is 290 g/mol. The summed E-state index contributed by atoms with van der Waals surface area (Å²) >= 11 is 0. The van der Waals surface area contributed by atoms with Gasteiger partial charge in [0.2, 0.25) is 0 Å². The summed E-state index contributed by atoms with van der Waals surface area (Å²) in [7, 11) is 1.55. The summed E-state index contributed by atoms with van der Waals surface area (Å²) in [4.78, 5) is 13.7. The van der Waals surface area contributed by atoms with Gasteiger partial charge in [-0.3, -0.25) is 4.79 Å². The van der Waals surface area contributed by atoms with E-state index in [1.165, 1.54) is 11.0 Å². The van der Waals surface area contributed by atoms with E-state index in [1.54, 1.807) is 19.2 Å². The zero-order valence-corrected chi connectivity index (χ0v) is 11.9. The Morgan fingerprint density at radius 3 is 2.62 bits per heavy atom. The molecule has 2 aromatic carbocycles. The number of nitrogens with two attached hydrogens (primary N) is 1. The molecule has 0 heterocycles. The van der Waals surface area contributed by atoms with E-state index in [0.717, 1.165) is 17.7 Å². The number of carbonyl (C=O) groups excluding carboxylic acids is 1. The van der Waals surface area contributed by atoms with Crippen molar-refractivity contribution in [3.63, 3.8) is 0 Å². The normalized spacial score (nSPS) is 10.5. The molecule has 0 fully saturated rings. The molecule has 1 amide bonds. The smallest absolute Gasteiger partial charge is 0.255 e. The van der Waals surface area contributed by atoms with Crippen LogP contribution >= 0.6 is 0 Å². The molecule has 2 N–H and O–H groups in total. The van der Waals surface area contributed by atoms with Gasteiger partial charge in [-0.25, -0.2) is 8.78 Å². The lowest BCUT2D eigenvalue weighted by Crippen LogP contribution is -2.27. The van der Waals surface area contributed by atoms with Crippen LogP contribution in [0.25, 0.3) is 0 Å². The standard InChI is InChI=1S/C16H16F2N2O/c1-10-4-3-5-13(15(10)19)16(21)20(2)9-11-6-7-12(17)8-14(11)18/h3-8H,9,19H2,1-2H3. The number of hydrogen-bond donors (Lipinski definition) is 1. The fourth-order valence-electron chi connectivity index (χ4n) is 2.05. The molecule has 0 aliphatic rings. The molecule has 0 aliphatic heterocycles. The van der Waals surface area contributed by atoms with E-state index in [9.17, 15) is 13.6 Å². The summed E-state index contributed by atoms with van der Waals surface area (Å²) in [6, 6.07) is 8.47. The van der Waals surface area contributed by atoms with Crippen LogP contribution in [-0.4, -0.2) is 17.9 Å². The highest BCUT2D eigenvalue weighted by Gasteiger charge is 2.17.